The Labute approximate surface area is 130 Å². The average Bonchev–Trinajstić information content (AvgIpc) is 2.98. The number of hydrogen-bond donors (Lipinski definition) is 0. The van der Waals surface area contributed by atoms with Crippen LogP contribution in [0.1, 0.15) is 40.5 Å². The zero-order valence-corrected chi connectivity index (χ0v) is 12.1. The van der Waals surface area contributed by atoms with Gasteiger partial charge in [0, 0.05) is 6.42 Å². The first-order valence-corrected chi connectivity index (χ1v) is 6.93. The monoisotopic (exact) mass is 316 g/mol. The normalized spacial score (nSPS) is 19.5. The first-order chi connectivity index (χ1) is 11.0. The van der Waals surface area contributed by atoms with Crippen LogP contribution in [-0.2, 0) is 19.3 Å². The van der Waals surface area contributed by atoms with Crippen molar-refractivity contribution in [1.29, 1.82) is 0 Å². The Morgan fingerprint density at radius 3 is 2.35 bits per heavy atom. The van der Waals surface area contributed by atoms with Gasteiger partial charge in [-0.1, -0.05) is 22.4 Å². The van der Waals surface area contributed by atoms with Gasteiger partial charge >= 0.3 is 11.9 Å². The van der Waals surface area contributed by atoms with Crippen LogP contribution in [0.4, 0.5) is 0 Å². The maximum Gasteiger partial charge on any atom is 0.343 e. The van der Waals surface area contributed by atoms with Crippen LogP contribution in [0.15, 0.2) is 29.4 Å². The lowest BCUT2D eigenvalue weighted by Gasteiger charge is -2.13. The topological polar surface area (TPSA) is 102 Å². The van der Waals surface area contributed by atoms with Crippen LogP contribution >= 0.6 is 0 Å². The number of imide groups is 1. The van der Waals surface area contributed by atoms with Gasteiger partial charge < -0.3 is 9.68 Å². The third kappa shape index (κ3) is 2.59. The van der Waals surface area contributed by atoms with Crippen molar-refractivity contribution in [2.45, 2.75) is 19.8 Å². The lowest BCUT2D eigenvalue weighted by molar-refractivity contribution is -0.168. The number of amides is 2. The quantitative estimate of drug-likeness (QED) is 0.608. The van der Waals surface area contributed by atoms with Crippen LogP contribution in [0.25, 0.3) is 0 Å². The van der Waals surface area contributed by atoms with E-state index < -0.39 is 29.7 Å². The summed E-state index contributed by atoms with van der Waals surface area (Å²) in [4.78, 5) is 56.7. The van der Waals surface area contributed by atoms with Crippen molar-refractivity contribution in [2.75, 3.05) is 0 Å². The maximum absolute atomic E-state index is 12.0. The van der Waals surface area contributed by atoms with E-state index in [0.717, 1.165) is 0 Å². The van der Waals surface area contributed by atoms with Gasteiger partial charge in [0.2, 0.25) is 0 Å². The number of fused-ring (bicyclic) bond motifs is 1. The van der Waals surface area contributed by atoms with E-state index in [9.17, 15) is 19.2 Å². The van der Waals surface area contributed by atoms with E-state index in [-0.39, 0.29) is 24.0 Å². The number of oxime groups is 1. The summed E-state index contributed by atoms with van der Waals surface area (Å²) < 4.78 is 0. The minimum atomic E-state index is -0.785. The second-order valence-corrected chi connectivity index (χ2v) is 5.15. The summed E-state index contributed by atoms with van der Waals surface area (Å²) in [5.74, 6) is -3.29. The highest BCUT2D eigenvalue weighted by atomic mass is 16.7. The lowest BCUT2D eigenvalue weighted by atomic mass is 10.00. The molecule has 8 nitrogen and oxygen atoms in total. The predicted molar refractivity (Wildman–Crippen MR) is 75.0 cm³/mol. The van der Waals surface area contributed by atoms with Crippen LogP contribution in [0, 0.1) is 5.92 Å². The summed E-state index contributed by atoms with van der Waals surface area (Å²) in [6.07, 6.45) is -0.0177. The average molecular weight is 316 g/mol. The van der Waals surface area contributed by atoms with Gasteiger partial charge in [-0.25, -0.2) is 9.59 Å². The van der Waals surface area contributed by atoms with Crippen molar-refractivity contribution < 1.29 is 28.9 Å². The van der Waals surface area contributed by atoms with Crippen molar-refractivity contribution in [3.8, 4) is 0 Å². The largest absolute Gasteiger partial charge is 0.343 e. The van der Waals surface area contributed by atoms with Gasteiger partial charge in [-0.3, -0.25) is 9.59 Å². The number of hydroxylamine groups is 2. The number of nitrogens with zero attached hydrogens (tertiary/aromatic N) is 2. The Kier molecular flexibility index (Phi) is 3.65. The molecule has 0 saturated carbocycles. The highest BCUT2D eigenvalue weighted by Crippen LogP contribution is 2.23. The van der Waals surface area contributed by atoms with Gasteiger partial charge in [-0.15, -0.1) is 0 Å². The van der Waals surface area contributed by atoms with Crippen LogP contribution in [0.3, 0.4) is 0 Å². The van der Waals surface area contributed by atoms with E-state index in [1.54, 1.807) is 19.1 Å². The zero-order valence-electron chi connectivity index (χ0n) is 12.1. The SMILES string of the molecule is CC1=NOC(=O)C1CCC(=O)ON1C(=O)c2ccccc2C1=O. The van der Waals surface area contributed by atoms with Crippen molar-refractivity contribution in [1.82, 2.24) is 5.06 Å². The molecule has 0 radical (unpaired) electrons. The number of carbonyl (C=O) groups is 4. The predicted octanol–water partition coefficient (Wildman–Crippen LogP) is 1.07. The Morgan fingerprint density at radius 2 is 1.83 bits per heavy atom. The van der Waals surface area contributed by atoms with Crippen LogP contribution in [0.2, 0.25) is 0 Å². The first-order valence-electron chi connectivity index (χ1n) is 6.93. The molecular weight excluding hydrogens is 304 g/mol. The van der Waals surface area contributed by atoms with Gasteiger partial charge in [-0.05, 0) is 25.5 Å². The van der Waals surface area contributed by atoms with Crippen molar-refractivity contribution in [3.05, 3.63) is 35.4 Å². The van der Waals surface area contributed by atoms with E-state index in [1.807, 2.05) is 0 Å². The minimum absolute atomic E-state index is 0.135. The van der Waals surface area contributed by atoms with Crippen LogP contribution in [-0.4, -0.2) is 34.5 Å². The number of rotatable bonds is 4. The standard InChI is InChI=1S/C15H12N2O6/c1-8-9(15(21)22-16-8)6-7-12(18)23-17-13(19)10-4-2-3-5-11(10)14(17)20/h2-5,9H,6-7H2,1H3. The fraction of sp³-hybridized carbons (Fsp3) is 0.267. The molecule has 1 unspecified atom stereocenters. The Balaban J connectivity index is 1.61. The molecule has 0 aromatic heterocycles. The van der Waals surface area contributed by atoms with E-state index in [2.05, 4.69) is 9.99 Å². The van der Waals surface area contributed by atoms with Gasteiger partial charge in [0.15, 0.2) is 0 Å². The second-order valence-electron chi connectivity index (χ2n) is 5.15. The first kappa shape index (κ1) is 14.9. The van der Waals surface area contributed by atoms with Crippen LogP contribution < -0.4 is 0 Å². The molecule has 0 saturated heterocycles. The molecule has 2 aliphatic rings. The third-order valence-corrected chi connectivity index (χ3v) is 3.66. The van der Waals surface area contributed by atoms with Gasteiger partial charge in [-0.2, -0.15) is 0 Å². The van der Waals surface area contributed by atoms with Gasteiger partial charge in [0.1, 0.15) is 5.92 Å². The Bertz CT molecular complexity index is 719. The van der Waals surface area contributed by atoms with E-state index in [4.69, 9.17) is 4.84 Å². The molecule has 2 amide bonds. The highest BCUT2D eigenvalue weighted by molar-refractivity contribution is 6.20. The lowest BCUT2D eigenvalue weighted by Crippen LogP contribution is -2.33. The summed E-state index contributed by atoms with van der Waals surface area (Å²) in [5, 5.41) is 3.97. The molecule has 0 spiro atoms. The molecule has 23 heavy (non-hydrogen) atoms. The third-order valence-electron chi connectivity index (χ3n) is 3.66. The fourth-order valence-corrected chi connectivity index (χ4v) is 2.40. The molecule has 2 aliphatic heterocycles. The van der Waals surface area contributed by atoms with Gasteiger partial charge in [0.25, 0.3) is 11.8 Å². The van der Waals surface area contributed by atoms with E-state index in [1.165, 1.54) is 12.1 Å². The number of hydrogen-bond acceptors (Lipinski definition) is 7. The Hall–Kier alpha value is -3.03. The molecule has 0 aliphatic carbocycles. The molecule has 8 heteroatoms. The molecule has 2 heterocycles. The Morgan fingerprint density at radius 1 is 1.22 bits per heavy atom. The van der Waals surface area contributed by atoms with Gasteiger partial charge in [0.05, 0.1) is 16.8 Å². The fourth-order valence-electron chi connectivity index (χ4n) is 2.40. The van der Waals surface area contributed by atoms with Crippen molar-refractivity contribution in [3.63, 3.8) is 0 Å². The molecule has 1 aromatic carbocycles. The molecule has 1 aromatic rings. The number of carbonyl (C=O) groups excluding carboxylic acids is 4. The molecule has 1 atom stereocenters. The summed E-state index contributed by atoms with van der Waals surface area (Å²) in [5.41, 5.74) is 0.851. The summed E-state index contributed by atoms with van der Waals surface area (Å²) in [6, 6.07) is 6.20. The summed E-state index contributed by atoms with van der Waals surface area (Å²) in [7, 11) is 0. The minimum Gasteiger partial charge on any atom is -0.330 e. The van der Waals surface area contributed by atoms with E-state index >= 15 is 0 Å². The maximum atomic E-state index is 12.0. The highest BCUT2D eigenvalue weighted by Gasteiger charge is 2.39. The molecule has 118 valence electrons. The zero-order chi connectivity index (χ0) is 16.6. The van der Waals surface area contributed by atoms with E-state index in [0.29, 0.717) is 10.8 Å². The second kappa shape index (κ2) is 5.64. The molecule has 3 rings (SSSR count). The molecule has 0 N–H and O–H groups in total. The molecule has 0 bridgehead atoms. The molecule has 0 fully saturated rings. The smallest absolute Gasteiger partial charge is 0.330 e. The van der Waals surface area contributed by atoms with Crippen LogP contribution in [0.5, 0.6) is 0 Å². The van der Waals surface area contributed by atoms with Crippen molar-refractivity contribution >= 4 is 29.5 Å². The number of benzene rings is 1. The summed E-state index contributed by atoms with van der Waals surface area (Å²) in [6.45, 7) is 1.62. The van der Waals surface area contributed by atoms with Crippen molar-refractivity contribution in [2.24, 2.45) is 11.1 Å². The summed E-state index contributed by atoms with van der Waals surface area (Å²) >= 11 is 0. The molecular formula is C15H12N2O6.